The lowest BCUT2D eigenvalue weighted by Gasteiger charge is -2.29. The van der Waals surface area contributed by atoms with Crippen LogP contribution in [0.25, 0.3) is 0 Å². The molecule has 0 heterocycles. The van der Waals surface area contributed by atoms with Gasteiger partial charge >= 0.3 is 12.1 Å². The van der Waals surface area contributed by atoms with Gasteiger partial charge in [-0.25, -0.2) is 4.79 Å². The van der Waals surface area contributed by atoms with Crippen molar-refractivity contribution in [1.29, 1.82) is 0 Å². The molecule has 5 nitrogen and oxygen atoms in total. The molecule has 5 heteroatoms. The van der Waals surface area contributed by atoms with Gasteiger partial charge in [0.1, 0.15) is 6.61 Å². The molecule has 1 rings (SSSR count). The zero-order valence-corrected chi connectivity index (χ0v) is 11.3. The largest absolute Gasteiger partial charge is 0.481 e. The molecule has 0 aromatic rings. The van der Waals surface area contributed by atoms with E-state index in [0.29, 0.717) is 12.5 Å². The van der Waals surface area contributed by atoms with Gasteiger partial charge in [-0.05, 0) is 11.8 Å². The standard InChI is InChI=1S/C14H23NO4/c1-2-8-19-14(18)15-10-12(9-13(16)17)11-6-4-3-5-7-11/h2,11-12H,1,3-10H2,(H,15,18)(H,16,17). The van der Waals surface area contributed by atoms with Crippen LogP contribution in [0.15, 0.2) is 12.7 Å². The second-order valence-electron chi connectivity index (χ2n) is 5.02. The summed E-state index contributed by atoms with van der Waals surface area (Å²) in [6, 6.07) is 0. The minimum absolute atomic E-state index is 0.00548. The van der Waals surface area contributed by atoms with Crippen LogP contribution < -0.4 is 5.32 Å². The number of carboxylic acid groups (broad SMARTS) is 1. The van der Waals surface area contributed by atoms with E-state index < -0.39 is 12.1 Å². The molecule has 108 valence electrons. The van der Waals surface area contributed by atoms with Crippen LogP contribution in [0.3, 0.4) is 0 Å². The van der Waals surface area contributed by atoms with Crippen molar-refractivity contribution in [1.82, 2.24) is 5.32 Å². The first-order chi connectivity index (χ1) is 9.13. The Labute approximate surface area is 114 Å². The predicted octanol–water partition coefficient (Wildman–Crippen LogP) is 2.57. The number of carbonyl (C=O) groups is 2. The molecule has 19 heavy (non-hydrogen) atoms. The van der Waals surface area contributed by atoms with E-state index in [1.165, 1.54) is 12.5 Å². The molecule has 1 saturated carbocycles. The average Bonchev–Trinajstić information content (AvgIpc) is 2.41. The van der Waals surface area contributed by atoms with E-state index in [0.717, 1.165) is 25.7 Å². The second kappa shape index (κ2) is 8.56. The summed E-state index contributed by atoms with van der Waals surface area (Å²) in [6.07, 6.45) is 6.74. The third-order valence-corrected chi connectivity index (χ3v) is 3.59. The molecule has 0 spiro atoms. The Kier molecular flexibility index (Phi) is 7.00. The highest BCUT2D eigenvalue weighted by molar-refractivity contribution is 5.68. The van der Waals surface area contributed by atoms with Crippen LogP contribution >= 0.6 is 0 Å². The topological polar surface area (TPSA) is 75.6 Å². The Hall–Kier alpha value is -1.52. The molecule has 0 aromatic carbocycles. The van der Waals surface area contributed by atoms with E-state index in [2.05, 4.69) is 11.9 Å². The molecule has 1 atom stereocenters. The number of hydrogen-bond donors (Lipinski definition) is 2. The quantitative estimate of drug-likeness (QED) is 0.696. The predicted molar refractivity (Wildman–Crippen MR) is 71.9 cm³/mol. The zero-order chi connectivity index (χ0) is 14.1. The molecule has 1 fully saturated rings. The van der Waals surface area contributed by atoms with E-state index in [1.54, 1.807) is 0 Å². The maximum atomic E-state index is 11.3. The molecule has 1 aliphatic carbocycles. The fourth-order valence-corrected chi connectivity index (χ4v) is 2.64. The molecule has 0 radical (unpaired) electrons. The van der Waals surface area contributed by atoms with E-state index in [-0.39, 0.29) is 18.9 Å². The van der Waals surface area contributed by atoms with Crippen LogP contribution in [0.5, 0.6) is 0 Å². The first-order valence-corrected chi connectivity index (χ1v) is 6.86. The summed E-state index contributed by atoms with van der Waals surface area (Å²) in [5.74, 6) is -0.421. The zero-order valence-electron chi connectivity index (χ0n) is 11.3. The van der Waals surface area contributed by atoms with Crippen LogP contribution in [0.4, 0.5) is 4.79 Å². The van der Waals surface area contributed by atoms with Crippen molar-refractivity contribution >= 4 is 12.1 Å². The minimum Gasteiger partial charge on any atom is -0.481 e. The summed E-state index contributed by atoms with van der Waals surface area (Å²) in [5.41, 5.74) is 0. The average molecular weight is 269 g/mol. The van der Waals surface area contributed by atoms with Crippen LogP contribution in [-0.4, -0.2) is 30.3 Å². The molecular weight excluding hydrogens is 246 g/mol. The molecule has 1 unspecified atom stereocenters. The fourth-order valence-electron chi connectivity index (χ4n) is 2.64. The van der Waals surface area contributed by atoms with Crippen molar-refractivity contribution in [2.24, 2.45) is 11.8 Å². The summed E-state index contributed by atoms with van der Waals surface area (Å²) >= 11 is 0. The van der Waals surface area contributed by atoms with E-state index in [9.17, 15) is 9.59 Å². The Morgan fingerprint density at radius 2 is 2.05 bits per heavy atom. The smallest absolute Gasteiger partial charge is 0.407 e. The van der Waals surface area contributed by atoms with Gasteiger partial charge in [-0.3, -0.25) is 4.79 Å². The number of carboxylic acids is 1. The van der Waals surface area contributed by atoms with Gasteiger partial charge in [0, 0.05) is 6.54 Å². The van der Waals surface area contributed by atoms with Gasteiger partial charge in [-0.15, -0.1) is 0 Å². The van der Waals surface area contributed by atoms with Crippen LogP contribution in [0.2, 0.25) is 0 Å². The molecular formula is C14H23NO4. The Morgan fingerprint density at radius 3 is 2.63 bits per heavy atom. The monoisotopic (exact) mass is 269 g/mol. The van der Waals surface area contributed by atoms with Crippen molar-refractivity contribution in [2.45, 2.75) is 38.5 Å². The van der Waals surface area contributed by atoms with Gasteiger partial charge in [0.05, 0.1) is 6.42 Å². The molecule has 1 amide bonds. The number of aliphatic carboxylic acids is 1. The highest BCUT2D eigenvalue weighted by Crippen LogP contribution is 2.31. The van der Waals surface area contributed by atoms with Gasteiger partial charge < -0.3 is 15.2 Å². The number of ether oxygens (including phenoxy) is 1. The SMILES string of the molecule is C=CCOC(=O)NCC(CC(=O)O)C1CCCCC1. The Morgan fingerprint density at radius 1 is 1.37 bits per heavy atom. The fraction of sp³-hybridized carbons (Fsp3) is 0.714. The highest BCUT2D eigenvalue weighted by atomic mass is 16.5. The van der Waals surface area contributed by atoms with Crippen LogP contribution in [-0.2, 0) is 9.53 Å². The summed E-state index contributed by atoms with van der Waals surface area (Å²) in [6.45, 7) is 3.99. The highest BCUT2D eigenvalue weighted by Gasteiger charge is 2.26. The van der Waals surface area contributed by atoms with Crippen LogP contribution in [0.1, 0.15) is 38.5 Å². The minimum atomic E-state index is -0.808. The van der Waals surface area contributed by atoms with Crippen molar-refractivity contribution in [2.75, 3.05) is 13.2 Å². The third-order valence-electron chi connectivity index (χ3n) is 3.59. The van der Waals surface area contributed by atoms with Crippen molar-refractivity contribution in [3.8, 4) is 0 Å². The van der Waals surface area contributed by atoms with Gasteiger partial charge in [0.2, 0.25) is 0 Å². The number of amides is 1. The van der Waals surface area contributed by atoms with Gasteiger partial charge in [0.25, 0.3) is 0 Å². The maximum Gasteiger partial charge on any atom is 0.407 e. The molecule has 0 aliphatic heterocycles. The number of rotatable bonds is 7. The number of alkyl carbamates (subject to hydrolysis) is 1. The Bertz CT molecular complexity index is 311. The molecule has 0 aromatic heterocycles. The first kappa shape index (κ1) is 15.5. The molecule has 0 saturated heterocycles. The van der Waals surface area contributed by atoms with Gasteiger partial charge in [0.15, 0.2) is 0 Å². The third kappa shape index (κ3) is 6.27. The van der Waals surface area contributed by atoms with Crippen LogP contribution in [0, 0.1) is 11.8 Å². The second-order valence-corrected chi connectivity index (χ2v) is 5.02. The molecule has 2 N–H and O–H groups in total. The van der Waals surface area contributed by atoms with Crippen molar-refractivity contribution < 1.29 is 19.4 Å². The normalized spacial score (nSPS) is 17.5. The number of hydrogen-bond acceptors (Lipinski definition) is 3. The Balaban J connectivity index is 2.42. The number of carbonyl (C=O) groups excluding carboxylic acids is 1. The lowest BCUT2D eigenvalue weighted by Crippen LogP contribution is -2.35. The summed E-state index contributed by atoms with van der Waals surface area (Å²) < 4.78 is 4.82. The van der Waals surface area contributed by atoms with Gasteiger partial charge in [-0.2, -0.15) is 0 Å². The first-order valence-electron chi connectivity index (χ1n) is 6.86. The van der Waals surface area contributed by atoms with Gasteiger partial charge in [-0.1, -0.05) is 44.8 Å². The molecule has 0 bridgehead atoms. The van der Waals surface area contributed by atoms with E-state index in [1.807, 2.05) is 0 Å². The van der Waals surface area contributed by atoms with E-state index in [4.69, 9.17) is 9.84 Å². The summed E-state index contributed by atoms with van der Waals surface area (Å²) in [4.78, 5) is 22.3. The van der Waals surface area contributed by atoms with Crippen molar-refractivity contribution in [3.05, 3.63) is 12.7 Å². The van der Waals surface area contributed by atoms with Crippen molar-refractivity contribution in [3.63, 3.8) is 0 Å². The van der Waals surface area contributed by atoms with E-state index >= 15 is 0 Å². The lowest BCUT2D eigenvalue weighted by molar-refractivity contribution is -0.138. The lowest BCUT2D eigenvalue weighted by atomic mass is 9.78. The number of nitrogens with one attached hydrogen (secondary N) is 1. The molecule has 1 aliphatic rings. The maximum absolute atomic E-state index is 11.3. The summed E-state index contributed by atoms with van der Waals surface area (Å²) in [7, 11) is 0. The summed E-state index contributed by atoms with van der Waals surface area (Å²) in [5, 5.41) is 11.6.